The van der Waals surface area contributed by atoms with E-state index in [2.05, 4.69) is 9.97 Å². The lowest BCUT2D eigenvalue weighted by Crippen LogP contribution is -2.05. The minimum absolute atomic E-state index is 0.155. The molecule has 6 nitrogen and oxygen atoms in total. The zero-order valence-electron chi connectivity index (χ0n) is 8.64. The molecule has 0 radical (unpaired) electrons. The topological polar surface area (TPSA) is 84.4 Å². The molecule has 1 atom stereocenters. The molecule has 1 aromatic heterocycles. The minimum Gasteiger partial charge on any atom is -0.772 e. The highest BCUT2D eigenvalue weighted by Gasteiger charge is 2.11. The van der Waals surface area contributed by atoms with Crippen LogP contribution in [0.25, 0.3) is 0 Å². The molecule has 0 N–H and O–H groups in total. The maximum absolute atomic E-state index is 10.5. The summed E-state index contributed by atoms with van der Waals surface area (Å²) in [6, 6.07) is 0. The van der Waals surface area contributed by atoms with Crippen LogP contribution in [0, 0.1) is 6.92 Å². The van der Waals surface area contributed by atoms with Crippen molar-refractivity contribution >= 4 is 11.1 Å². The molecule has 0 aliphatic carbocycles. The van der Waals surface area contributed by atoms with Crippen LogP contribution in [-0.2, 0) is 16.8 Å². The van der Waals surface area contributed by atoms with Gasteiger partial charge in [-0.1, -0.05) is 0 Å². The van der Waals surface area contributed by atoms with Gasteiger partial charge in [0, 0.05) is 0 Å². The number of ether oxygens (including phenoxy) is 2. The maximum atomic E-state index is 10.5. The molecular weight excluding hydrogens is 220 g/mol. The molecule has 1 aromatic rings. The molecule has 1 unspecified atom stereocenters. The molecule has 84 valence electrons. The number of nitrogens with zero attached hydrogens (tertiary/aromatic N) is 2. The molecule has 0 fully saturated rings. The fourth-order valence-corrected chi connectivity index (χ4v) is 1.43. The van der Waals surface area contributed by atoms with Crippen molar-refractivity contribution < 1.29 is 18.2 Å². The lowest BCUT2D eigenvalue weighted by atomic mass is 10.3. The summed E-state index contributed by atoms with van der Waals surface area (Å²) >= 11 is -2.23. The third-order valence-electron chi connectivity index (χ3n) is 1.74. The molecule has 7 heteroatoms. The molecule has 0 aromatic carbocycles. The van der Waals surface area contributed by atoms with E-state index in [1.807, 2.05) is 0 Å². The highest BCUT2D eigenvalue weighted by molar-refractivity contribution is 7.78. The molecule has 0 bridgehead atoms. The Balaban J connectivity index is 3.14. The molecule has 15 heavy (non-hydrogen) atoms. The van der Waals surface area contributed by atoms with Gasteiger partial charge in [-0.2, -0.15) is 9.97 Å². The second kappa shape index (κ2) is 5.04. The Hall–Kier alpha value is -1.21. The van der Waals surface area contributed by atoms with E-state index in [0.29, 0.717) is 17.3 Å². The van der Waals surface area contributed by atoms with Crippen molar-refractivity contribution in [2.24, 2.45) is 0 Å². The Morgan fingerprint density at radius 1 is 1.27 bits per heavy atom. The van der Waals surface area contributed by atoms with Crippen LogP contribution in [0.3, 0.4) is 0 Å². The van der Waals surface area contributed by atoms with Gasteiger partial charge in [0.15, 0.2) is 0 Å². The molecule has 1 heterocycles. The summed E-state index contributed by atoms with van der Waals surface area (Å²) in [6.07, 6.45) is 0. The van der Waals surface area contributed by atoms with E-state index in [0.717, 1.165) is 0 Å². The fraction of sp³-hybridized carbons (Fsp3) is 0.500. The molecule has 0 spiro atoms. The first-order valence-electron chi connectivity index (χ1n) is 4.09. The van der Waals surface area contributed by atoms with Crippen LogP contribution in [0.4, 0.5) is 0 Å². The molecule has 0 aliphatic rings. The van der Waals surface area contributed by atoms with Crippen molar-refractivity contribution in [2.45, 2.75) is 12.7 Å². The van der Waals surface area contributed by atoms with Gasteiger partial charge in [-0.3, -0.25) is 4.21 Å². The largest absolute Gasteiger partial charge is 0.772 e. The molecule has 0 saturated heterocycles. The van der Waals surface area contributed by atoms with Gasteiger partial charge in [-0.15, -0.1) is 0 Å². The summed E-state index contributed by atoms with van der Waals surface area (Å²) in [5.74, 6) is 0.541. The predicted octanol–water partition coefficient (Wildman–Crippen LogP) is 0.181. The SMILES string of the molecule is COc1nc(CS(=O)[O-])nc(OC)c1C. The Labute approximate surface area is 89.9 Å². The van der Waals surface area contributed by atoms with Crippen LogP contribution in [0.15, 0.2) is 0 Å². The maximum Gasteiger partial charge on any atom is 0.223 e. The Bertz CT molecular complexity index is 358. The number of rotatable bonds is 4. The highest BCUT2D eigenvalue weighted by Crippen LogP contribution is 2.23. The van der Waals surface area contributed by atoms with Gasteiger partial charge in [0.2, 0.25) is 11.8 Å². The first-order chi connectivity index (χ1) is 7.08. The zero-order valence-corrected chi connectivity index (χ0v) is 9.46. The summed E-state index contributed by atoms with van der Waals surface area (Å²) in [4.78, 5) is 7.87. The molecule has 0 amide bonds. The Kier molecular flexibility index (Phi) is 3.98. The van der Waals surface area contributed by atoms with Crippen LogP contribution >= 0.6 is 0 Å². The summed E-state index contributed by atoms with van der Waals surface area (Å²) < 4.78 is 30.9. The standard InChI is InChI=1S/C8H12N2O4S/c1-5-7(13-2)9-6(4-15(11)12)10-8(5)14-3/h4H2,1-3H3,(H,11,12)/p-1. The van der Waals surface area contributed by atoms with E-state index in [4.69, 9.17) is 9.47 Å². The third-order valence-corrected chi connectivity index (χ3v) is 2.23. The van der Waals surface area contributed by atoms with E-state index in [9.17, 15) is 8.76 Å². The van der Waals surface area contributed by atoms with Crippen molar-refractivity contribution in [1.29, 1.82) is 0 Å². The average Bonchev–Trinajstić information content (AvgIpc) is 2.19. The zero-order chi connectivity index (χ0) is 11.4. The smallest absolute Gasteiger partial charge is 0.223 e. The molecular formula is C8H11N2O4S-. The summed E-state index contributed by atoms with van der Waals surface area (Å²) in [5, 5.41) is 0. The van der Waals surface area contributed by atoms with Crippen LogP contribution < -0.4 is 9.47 Å². The number of methoxy groups -OCH3 is 2. The first-order valence-corrected chi connectivity index (χ1v) is 5.34. The molecule has 1 rings (SSSR count). The van der Waals surface area contributed by atoms with Crippen molar-refractivity contribution in [3.63, 3.8) is 0 Å². The van der Waals surface area contributed by atoms with Gasteiger partial charge in [0.25, 0.3) is 0 Å². The quantitative estimate of drug-likeness (QED) is 0.687. The van der Waals surface area contributed by atoms with Gasteiger partial charge in [0.1, 0.15) is 5.82 Å². The molecule has 0 aliphatic heterocycles. The van der Waals surface area contributed by atoms with Crippen LogP contribution in [0.5, 0.6) is 11.8 Å². The second-order valence-electron chi connectivity index (χ2n) is 2.73. The van der Waals surface area contributed by atoms with E-state index in [1.54, 1.807) is 6.92 Å². The second-order valence-corrected chi connectivity index (χ2v) is 3.63. The monoisotopic (exact) mass is 231 g/mol. The number of hydrogen-bond donors (Lipinski definition) is 0. The van der Waals surface area contributed by atoms with Gasteiger partial charge in [0.05, 0.1) is 25.5 Å². The van der Waals surface area contributed by atoms with Gasteiger partial charge in [-0.05, 0) is 18.0 Å². The predicted molar refractivity (Wildman–Crippen MR) is 52.5 cm³/mol. The van der Waals surface area contributed by atoms with E-state index >= 15 is 0 Å². The average molecular weight is 231 g/mol. The first kappa shape index (κ1) is 11.9. The van der Waals surface area contributed by atoms with Crippen molar-refractivity contribution in [1.82, 2.24) is 9.97 Å². The van der Waals surface area contributed by atoms with E-state index < -0.39 is 11.1 Å². The highest BCUT2D eigenvalue weighted by atomic mass is 32.2. The number of hydrogen-bond acceptors (Lipinski definition) is 6. The van der Waals surface area contributed by atoms with Crippen molar-refractivity contribution in [2.75, 3.05) is 14.2 Å². The van der Waals surface area contributed by atoms with Gasteiger partial charge >= 0.3 is 0 Å². The lowest BCUT2D eigenvalue weighted by molar-refractivity contribution is 0.363. The summed E-state index contributed by atoms with van der Waals surface area (Å²) in [5.41, 5.74) is 0.639. The van der Waals surface area contributed by atoms with Crippen molar-refractivity contribution in [3.05, 3.63) is 11.4 Å². The van der Waals surface area contributed by atoms with Crippen molar-refractivity contribution in [3.8, 4) is 11.8 Å². The summed E-state index contributed by atoms with van der Waals surface area (Å²) in [6.45, 7) is 1.73. The van der Waals surface area contributed by atoms with Crippen LogP contribution in [0.1, 0.15) is 11.4 Å². The summed E-state index contributed by atoms with van der Waals surface area (Å²) in [7, 11) is 2.90. The Morgan fingerprint density at radius 2 is 1.73 bits per heavy atom. The van der Waals surface area contributed by atoms with Gasteiger partial charge in [-0.25, -0.2) is 0 Å². The molecule has 0 saturated carbocycles. The Morgan fingerprint density at radius 3 is 2.07 bits per heavy atom. The fourth-order valence-electron chi connectivity index (χ4n) is 1.09. The van der Waals surface area contributed by atoms with Crippen LogP contribution in [-0.4, -0.2) is 32.9 Å². The minimum atomic E-state index is -2.23. The van der Waals surface area contributed by atoms with Crippen LogP contribution in [0.2, 0.25) is 0 Å². The van der Waals surface area contributed by atoms with Gasteiger partial charge < -0.3 is 14.0 Å². The lowest BCUT2D eigenvalue weighted by Gasteiger charge is -2.10. The number of aromatic nitrogens is 2. The third kappa shape index (κ3) is 2.87. The van der Waals surface area contributed by atoms with E-state index in [-0.39, 0.29) is 11.6 Å². The van der Waals surface area contributed by atoms with E-state index in [1.165, 1.54) is 14.2 Å². The normalized spacial score (nSPS) is 12.3.